The molecule has 2 N–H and O–H groups in total. The normalized spacial score (nSPS) is 31.6. The molecule has 0 spiro atoms. The van der Waals surface area contributed by atoms with Crippen molar-refractivity contribution in [1.29, 1.82) is 0 Å². The predicted octanol–water partition coefficient (Wildman–Crippen LogP) is 0.321. The van der Waals surface area contributed by atoms with Crippen LogP contribution in [0.5, 0.6) is 0 Å². The summed E-state index contributed by atoms with van der Waals surface area (Å²) in [5, 5.41) is 0.536. The fourth-order valence-electron chi connectivity index (χ4n) is 2.01. The van der Waals surface area contributed by atoms with E-state index in [1.807, 2.05) is 0 Å². The van der Waals surface area contributed by atoms with E-state index < -0.39 is 10.8 Å². The van der Waals surface area contributed by atoms with Crippen molar-refractivity contribution in [3.63, 3.8) is 0 Å². The number of piperidine rings is 1. The zero-order chi connectivity index (χ0) is 9.97. The fraction of sp³-hybridized carbons (Fsp3) is 1.00. The first kappa shape index (κ1) is 10.6. The topological polar surface area (TPSA) is 46.3 Å². The van der Waals surface area contributed by atoms with Gasteiger partial charge in [-0.15, -0.1) is 0 Å². The summed E-state index contributed by atoms with van der Waals surface area (Å²) in [6, 6.07) is 0.345. The summed E-state index contributed by atoms with van der Waals surface area (Å²) >= 11 is 0. The average molecular weight is 216 g/mol. The molecule has 0 bridgehead atoms. The molecule has 1 saturated heterocycles. The molecule has 0 aromatic carbocycles. The van der Waals surface area contributed by atoms with Gasteiger partial charge in [0.15, 0.2) is 0 Å². The maximum absolute atomic E-state index is 11.6. The third-order valence-electron chi connectivity index (χ3n) is 3.05. The standard InChI is InChI=1S/C10H20N2OS/c11-9-2-1-5-12(8-9)6-7-14(13)10-3-4-10/h9-10H,1-8,11H2. The summed E-state index contributed by atoms with van der Waals surface area (Å²) in [6.45, 7) is 3.13. The summed E-state index contributed by atoms with van der Waals surface area (Å²) in [5.74, 6) is 0.859. The highest BCUT2D eigenvalue weighted by atomic mass is 32.2. The molecule has 14 heavy (non-hydrogen) atoms. The summed E-state index contributed by atoms with van der Waals surface area (Å²) < 4.78 is 11.6. The minimum atomic E-state index is -0.556. The first-order chi connectivity index (χ1) is 6.75. The summed E-state index contributed by atoms with van der Waals surface area (Å²) in [5.41, 5.74) is 5.89. The van der Waals surface area contributed by atoms with Gasteiger partial charge >= 0.3 is 0 Å². The highest BCUT2D eigenvalue weighted by Gasteiger charge is 2.28. The average Bonchev–Trinajstić information content (AvgIpc) is 2.97. The number of hydrogen-bond acceptors (Lipinski definition) is 3. The second-order valence-electron chi connectivity index (χ2n) is 4.49. The molecule has 3 nitrogen and oxygen atoms in total. The lowest BCUT2D eigenvalue weighted by molar-refractivity contribution is 0.220. The highest BCUT2D eigenvalue weighted by molar-refractivity contribution is 7.85. The van der Waals surface area contributed by atoms with Crippen LogP contribution in [0.25, 0.3) is 0 Å². The lowest BCUT2D eigenvalue weighted by Crippen LogP contribution is -2.44. The Balaban J connectivity index is 1.66. The van der Waals surface area contributed by atoms with E-state index >= 15 is 0 Å². The molecule has 2 unspecified atom stereocenters. The van der Waals surface area contributed by atoms with Gasteiger partial charge in [-0.1, -0.05) is 0 Å². The number of nitrogens with two attached hydrogens (primary N) is 1. The van der Waals surface area contributed by atoms with Gasteiger partial charge < -0.3 is 10.6 Å². The van der Waals surface area contributed by atoms with Crippen molar-refractivity contribution in [3.05, 3.63) is 0 Å². The Morgan fingerprint density at radius 3 is 2.79 bits per heavy atom. The third kappa shape index (κ3) is 3.04. The molecular weight excluding hydrogens is 196 g/mol. The van der Waals surface area contributed by atoms with E-state index in [0.717, 1.165) is 31.8 Å². The first-order valence-electron chi connectivity index (χ1n) is 5.61. The zero-order valence-corrected chi connectivity index (χ0v) is 9.47. The van der Waals surface area contributed by atoms with E-state index in [-0.39, 0.29) is 0 Å². The van der Waals surface area contributed by atoms with Crippen molar-refractivity contribution in [1.82, 2.24) is 4.90 Å². The number of rotatable bonds is 4. The van der Waals surface area contributed by atoms with Crippen LogP contribution in [-0.4, -0.2) is 45.8 Å². The number of likely N-dealkylation sites (tertiary alicyclic amines) is 1. The van der Waals surface area contributed by atoms with E-state index in [1.54, 1.807) is 0 Å². The molecule has 0 radical (unpaired) electrons. The van der Waals surface area contributed by atoms with Gasteiger partial charge in [-0.05, 0) is 32.2 Å². The Labute approximate surface area is 88.5 Å². The van der Waals surface area contributed by atoms with Gasteiger partial charge in [-0.25, -0.2) is 0 Å². The summed E-state index contributed by atoms with van der Waals surface area (Å²) in [6.07, 6.45) is 4.73. The maximum atomic E-state index is 11.6. The summed E-state index contributed by atoms with van der Waals surface area (Å²) in [7, 11) is -0.556. The summed E-state index contributed by atoms with van der Waals surface area (Å²) in [4.78, 5) is 2.37. The molecular formula is C10H20N2OS. The fourth-order valence-corrected chi connectivity index (χ4v) is 3.44. The zero-order valence-electron chi connectivity index (χ0n) is 8.65. The molecule has 1 aliphatic heterocycles. The molecule has 2 fully saturated rings. The van der Waals surface area contributed by atoms with Gasteiger partial charge in [0.2, 0.25) is 0 Å². The third-order valence-corrected chi connectivity index (χ3v) is 4.85. The second kappa shape index (κ2) is 4.73. The lowest BCUT2D eigenvalue weighted by Gasteiger charge is -2.30. The van der Waals surface area contributed by atoms with Crippen molar-refractivity contribution < 1.29 is 4.21 Å². The van der Waals surface area contributed by atoms with Crippen LogP contribution >= 0.6 is 0 Å². The number of nitrogens with zero attached hydrogens (tertiary/aromatic N) is 1. The molecule has 1 aliphatic carbocycles. The Hall–Kier alpha value is 0.0700. The SMILES string of the molecule is NC1CCCN(CCS(=O)C2CC2)C1. The predicted molar refractivity (Wildman–Crippen MR) is 59.7 cm³/mol. The molecule has 0 aromatic rings. The Morgan fingerprint density at radius 2 is 2.14 bits per heavy atom. The number of hydrogen-bond donors (Lipinski definition) is 1. The van der Waals surface area contributed by atoms with E-state index in [9.17, 15) is 4.21 Å². The highest BCUT2D eigenvalue weighted by Crippen LogP contribution is 2.26. The molecule has 82 valence electrons. The van der Waals surface area contributed by atoms with Crippen LogP contribution in [0.2, 0.25) is 0 Å². The monoisotopic (exact) mass is 216 g/mol. The quantitative estimate of drug-likeness (QED) is 0.736. The van der Waals surface area contributed by atoms with Crippen LogP contribution in [0.1, 0.15) is 25.7 Å². The van der Waals surface area contributed by atoms with Crippen molar-refractivity contribution in [2.45, 2.75) is 37.0 Å². The van der Waals surface area contributed by atoms with Gasteiger partial charge in [0.05, 0.1) is 0 Å². The van der Waals surface area contributed by atoms with Crippen molar-refractivity contribution in [3.8, 4) is 0 Å². The smallest absolute Gasteiger partial charge is 0.0365 e. The Morgan fingerprint density at radius 1 is 1.36 bits per heavy atom. The molecule has 0 amide bonds. The molecule has 2 aliphatic rings. The van der Waals surface area contributed by atoms with Crippen LogP contribution < -0.4 is 5.73 Å². The van der Waals surface area contributed by atoms with Crippen molar-refractivity contribution >= 4 is 10.8 Å². The maximum Gasteiger partial charge on any atom is 0.0365 e. The molecule has 1 heterocycles. The lowest BCUT2D eigenvalue weighted by atomic mass is 10.1. The largest absolute Gasteiger partial charge is 0.327 e. The second-order valence-corrected chi connectivity index (χ2v) is 6.32. The van der Waals surface area contributed by atoms with Gasteiger partial charge in [-0.3, -0.25) is 4.21 Å². The van der Waals surface area contributed by atoms with Crippen LogP contribution in [0.4, 0.5) is 0 Å². The first-order valence-corrected chi connectivity index (χ1v) is 6.99. The van der Waals surface area contributed by atoms with Crippen molar-refractivity contribution in [2.75, 3.05) is 25.4 Å². The van der Waals surface area contributed by atoms with E-state index in [2.05, 4.69) is 4.90 Å². The minimum absolute atomic E-state index is 0.345. The molecule has 0 aromatic heterocycles. The van der Waals surface area contributed by atoms with Crippen LogP contribution in [0.3, 0.4) is 0 Å². The minimum Gasteiger partial charge on any atom is -0.327 e. The Bertz CT molecular complexity index is 218. The molecule has 4 heteroatoms. The van der Waals surface area contributed by atoms with E-state index in [0.29, 0.717) is 11.3 Å². The van der Waals surface area contributed by atoms with Gasteiger partial charge in [0.1, 0.15) is 0 Å². The van der Waals surface area contributed by atoms with Gasteiger partial charge in [-0.2, -0.15) is 0 Å². The van der Waals surface area contributed by atoms with Crippen LogP contribution in [0.15, 0.2) is 0 Å². The molecule has 1 saturated carbocycles. The van der Waals surface area contributed by atoms with E-state index in [1.165, 1.54) is 19.3 Å². The molecule has 2 rings (SSSR count). The van der Waals surface area contributed by atoms with E-state index in [4.69, 9.17) is 5.73 Å². The van der Waals surface area contributed by atoms with Crippen LogP contribution in [0, 0.1) is 0 Å². The van der Waals surface area contributed by atoms with Gasteiger partial charge in [0, 0.05) is 40.9 Å². The van der Waals surface area contributed by atoms with Gasteiger partial charge in [0.25, 0.3) is 0 Å². The molecule has 2 atom stereocenters. The Kier molecular flexibility index (Phi) is 3.57. The van der Waals surface area contributed by atoms with Crippen LogP contribution in [-0.2, 0) is 10.8 Å². The van der Waals surface area contributed by atoms with Crippen molar-refractivity contribution in [2.24, 2.45) is 5.73 Å².